The van der Waals surface area contributed by atoms with Crippen molar-refractivity contribution in [3.05, 3.63) is 94.8 Å². The Labute approximate surface area is 228 Å². The standard InChI is InChI=1S/C28H31ClFN3O4S/c1-19(2)31-28(35)21(4)32(17-22-7-5-6-8-26(22)30)27(34)18-33(24-13-9-20(3)10-14-24)38(36,37)25-15-11-23(29)12-16-25/h5-16,19,21H,17-18H2,1-4H3,(H,31,35). The van der Waals surface area contributed by atoms with E-state index in [2.05, 4.69) is 5.32 Å². The van der Waals surface area contributed by atoms with Gasteiger partial charge in [-0.05, 0) is 70.2 Å². The molecule has 1 atom stereocenters. The summed E-state index contributed by atoms with van der Waals surface area (Å²) >= 11 is 5.95. The summed E-state index contributed by atoms with van der Waals surface area (Å²) in [4.78, 5) is 27.8. The van der Waals surface area contributed by atoms with E-state index in [0.717, 1.165) is 9.87 Å². The van der Waals surface area contributed by atoms with Gasteiger partial charge in [-0.15, -0.1) is 0 Å². The number of sulfonamides is 1. The second kappa shape index (κ2) is 12.4. The van der Waals surface area contributed by atoms with Crippen LogP contribution in [-0.2, 0) is 26.2 Å². The second-order valence-electron chi connectivity index (χ2n) is 9.25. The van der Waals surface area contributed by atoms with Crippen molar-refractivity contribution in [1.29, 1.82) is 0 Å². The summed E-state index contributed by atoms with van der Waals surface area (Å²) in [7, 11) is -4.21. The maximum Gasteiger partial charge on any atom is 0.264 e. The molecule has 202 valence electrons. The van der Waals surface area contributed by atoms with Crippen LogP contribution in [0.5, 0.6) is 0 Å². The number of nitrogens with zero attached hydrogens (tertiary/aromatic N) is 2. The second-order valence-corrected chi connectivity index (χ2v) is 11.6. The highest BCUT2D eigenvalue weighted by Gasteiger charge is 2.33. The van der Waals surface area contributed by atoms with E-state index in [9.17, 15) is 22.4 Å². The fourth-order valence-corrected chi connectivity index (χ4v) is 5.31. The van der Waals surface area contributed by atoms with E-state index in [4.69, 9.17) is 11.6 Å². The molecule has 3 aromatic rings. The minimum absolute atomic E-state index is 0.0541. The molecule has 0 aliphatic heterocycles. The number of hydrogen-bond acceptors (Lipinski definition) is 4. The van der Waals surface area contributed by atoms with Gasteiger partial charge in [0, 0.05) is 23.2 Å². The number of carbonyl (C=O) groups is 2. The molecule has 0 saturated heterocycles. The Kier molecular flexibility index (Phi) is 9.51. The minimum Gasteiger partial charge on any atom is -0.352 e. The SMILES string of the molecule is Cc1ccc(N(CC(=O)N(Cc2ccccc2F)C(C)C(=O)NC(C)C)S(=O)(=O)c2ccc(Cl)cc2)cc1. The van der Waals surface area contributed by atoms with E-state index in [1.54, 1.807) is 44.2 Å². The van der Waals surface area contributed by atoms with Crippen molar-refractivity contribution in [2.45, 2.75) is 51.2 Å². The van der Waals surface area contributed by atoms with E-state index in [1.165, 1.54) is 54.3 Å². The first kappa shape index (κ1) is 29.1. The molecule has 2 amide bonds. The first-order valence-corrected chi connectivity index (χ1v) is 13.9. The lowest BCUT2D eigenvalue weighted by Gasteiger charge is -2.32. The molecule has 0 radical (unpaired) electrons. The van der Waals surface area contributed by atoms with Gasteiger partial charge in [0.1, 0.15) is 18.4 Å². The molecule has 0 bridgehead atoms. The third-order valence-corrected chi connectivity index (χ3v) is 7.94. The number of aryl methyl sites for hydroxylation is 1. The lowest BCUT2D eigenvalue weighted by atomic mass is 10.1. The van der Waals surface area contributed by atoms with E-state index >= 15 is 0 Å². The molecule has 0 heterocycles. The molecule has 3 aromatic carbocycles. The van der Waals surface area contributed by atoms with Gasteiger partial charge in [0.2, 0.25) is 11.8 Å². The van der Waals surface area contributed by atoms with E-state index in [1.807, 2.05) is 6.92 Å². The van der Waals surface area contributed by atoms with Crippen LogP contribution in [0.25, 0.3) is 0 Å². The van der Waals surface area contributed by atoms with Crippen LogP contribution in [0.1, 0.15) is 31.9 Å². The fourth-order valence-electron chi connectivity index (χ4n) is 3.77. The Morgan fingerprint density at radius 1 is 0.947 bits per heavy atom. The Morgan fingerprint density at radius 3 is 2.13 bits per heavy atom. The summed E-state index contributed by atoms with van der Waals surface area (Å²) in [6.45, 7) is 6.12. The first-order chi connectivity index (χ1) is 17.9. The maximum absolute atomic E-state index is 14.5. The molecule has 38 heavy (non-hydrogen) atoms. The molecule has 0 spiro atoms. The molecular formula is C28H31ClFN3O4S. The van der Waals surface area contributed by atoms with Crippen LogP contribution in [0, 0.1) is 12.7 Å². The highest BCUT2D eigenvalue weighted by molar-refractivity contribution is 7.92. The van der Waals surface area contributed by atoms with Gasteiger partial charge in [-0.2, -0.15) is 0 Å². The van der Waals surface area contributed by atoms with Crippen molar-refractivity contribution in [1.82, 2.24) is 10.2 Å². The zero-order valence-electron chi connectivity index (χ0n) is 21.7. The van der Waals surface area contributed by atoms with Crippen molar-refractivity contribution >= 4 is 39.1 Å². The monoisotopic (exact) mass is 559 g/mol. The Bertz CT molecular complexity index is 1380. The van der Waals surface area contributed by atoms with E-state index < -0.39 is 40.2 Å². The van der Waals surface area contributed by atoms with Gasteiger partial charge in [-0.3, -0.25) is 13.9 Å². The van der Waals surface area contributed by atoms with Crippen molar-refractivity contribution < 1.29 is 22.4 Å². The number of benzene rings is 3. The summed E-state index contributed by atoms with van der Waals surface area (Å²) in [6.07, 6.45) is 0. The van der Waals surface area contributed by atoms with Gasteiger partial charge in [0.05, 0.1) is 10.6 Å². The summed E-state index contributed by atoms with van der Waals surface area (Å²) in [5.41, 5.74) is 1.38. The molecular weight excluding hydrogens is 529 g/mol. The van der Waals surface area contributed by atoms with Gasteiger partial charge in [-0.1, -0.05) is 47.5 Å². The Balaban J connectivity index is 2.03. The fraction of sp³-hybridized carbons (Fsp3) is 0.286. The lowest BCUT2D eigenvalue weighted by Crippen LogP contribution is -2.52. The highest BCUT2D eigenvalue weighted by atomic mass is 35.5. The van der Waals surface area contributed by atoms with Gasteiger partial charge in [-0.25, -0.2) is 12.8 Å². The van der Waals surface area contributed by atoms with Crippen LogP contribution >= 0.6 is 11.6 Å². The number of carbonyl (C=O) groups excluding carboxylic acids is 2. The van der Waals surface area contributed by atoms with E-state index in [0.29, 0.717) is 5.02 Å². The average molecular weight is 560 g/mol. The van der Waals surface area contributed by atoms with Crippen LogP contribution in [0.15, 0.2) is 77.7 Å². The van der Waals surface area contributed by atoms with Crippen LogP contribution in [0.4, 0.5) is 10.1 Å². The van der Waals surface area contributed by atoms with Crippen molar-refractivity contribution in [3.63, 3.8) is 0 Å². The molecule has 3 rings (SSSR count). The van der Waals surface area contributed by atoms with Gasteiger partial charge >= 0.3 is 0 Å². The number of amides is 2. The van der Waals surface area contributed by atoms with Crippen LogP contribution in [0.3, 0.4) is 0 Å². The molecule has 1 unspecified atom stereocenters. The molecule has 0 aromatic heterocycles. The Morgan fingerprint density at radius 2 is 1.55 bits per heavy atom. The summed E-state index contributed by atoms with van der Waals surface area (Å²) in [5, 5.41) is 3.12. The van der Waals surface area contributed by atoms with Crippen LogP contribution in [0.2, 0.25) is 5.02 Å². The van der Waals surface area contributed by atoms with Gasteiger partial charge < -0.3 is 10.2 Å². The third kappa shape index (κ3) is 7.11. The Hall–Kier alpha value is -3.43. The zero-order valence-corrected chi connectivity index (χ0v) is 23.3. The number of anilines is 1. The predicted molar refractivity (Wildman–Crippen MR) is 147 cm³/mol. The smallest absolute Gasteiger partial charge is 0.264 e. The molecule has 0 saturated carbocycles. The molecule has 0 aliphatic carbocycles. The zero-order chi connectivity index (χ0) is 28.0. The third-order valence-electron chi connectivity index (χ3n) is 5.90. The van der Waals surface area contributed by atoms with E-state index in [-0.39, 0.29) is 28.7 Å². The predicted octanol–water partition coefficient (Wildman–Crippen LogP) is 4.92. The number of nitrogens with one attached hydrogen (secondary N) is 1. The quantitative estimate of drug-likeness (QED) is 0.382. The topological polar surface area (TPSA) is 86.8 Å². The van der Waals surface area contributed by atoms with Crippen LogP contribution in [-0.4, -0.2) is 43.8 Å². The average Bonchev–Trinajstić information content (AvgIpc) is 2.86. The first-order valence-electron chi connectivity index (χ1n) is 12.1. The van der Waals surface area contributed by atoms with Gasteiger partial charge in [0.15, 0.2) is 0 Å². The maximum atomic E-state index is 14.5. The summed E-state index contributed by atoms with van der Waals surface area (Å²) in [5.74, 6) is -1.64. The van der Waals surface area contributed by atoms with Crippen molar-refractivity contribution in [3.8, 4) is 0 Å². The largest absolute Gasteiger partial charge is 0.352 e. The molecule has 0 aliphatic rings. The minimum atomic E-state index is -4.21. The lowest BCUT2D eigenvalue weighted by molar-refractivity contribution is -0.139. The molecule has 10 heteroatoms. The van der Waals surface area contributed by atoms with Crippen molar-refractivity contribution in [2.75, 3.05) is 10.8 Å². The number of rotatable bonds is 10. The number of hydrogen-bond donors (Lipinski definition) is 1. The van der Waals surface area contributed by atoms with Gasteiger partial charge in [0.25, 0.3) is 10.0 Å². The van der Waals surface area contributed by atoms with Crippen LogP contribution < -0.4 is 9.62 Å². The molecule has 1 N–H and O–H groups in total. The molecule has 7 nitrogen and oxygen atoms in total. The van der Waals surface area contributed by atoms with Crippen molar-refractivity contribution in [2.24, 2.45) is 0 Å². The highest BCUT2D eigenvalue weighted by Crippen LogP contribution is 2.26. The normalized spacial score (nSPS) is 12.2. The summed E-state index contributed by atoms with van der Waals surface area (Å²) < 4.78 is 43.0. The summed E-state index contributed by atoms with van der Waals surface area (Å²) in [6, 6.07) is 17.1. The molecule has 0 fully saturated rings. The number of halogens is 2.